The molecule has 31 heavy (non-hydrogen) atoms. The van der Waals surface area contributed by atoms with Gasteiger partial charge in [0, 0.05) is 23.3 Å². The minimum atomic E-state index is -1.17. The van der Waals surface area contributed by atoms with Gasteiger partial charge in [-0.1, -0.05) is 0 Å². The van der Waals surface area contributed by atoms with Crippen molar-refractivity contribution in [2.45, 2.75) is 0 Å². The van der Waals surface area contributed by atoms with Gasteiger partial charge < -0.3 is 15.0 Å². The standard InChI is InChI=1S/C23H13F2N3O3/c24-19-9-17-21(10-20(19)25)27-12-18(22(17)29)23(30)28-14-3-7-16(8-4-14)31-15-5-1-13(11-26)2-6-15/h1-10,12H,(H,27,29)(H,28,30). The number of amides is 1. The van der Waals surface area contributed by atoms with Crippen LogP contribution in [0.25, 0.3) is 10.9 Å². The normalized spacial score (nSPS) is 10.5. The summed E-state index contributed by atoms with van der Waals surface area (Å²) in [4.78, 5) is 27.7. The number of nitrogens with one attached hydrogen (secondary N) is 2. The molecule has 1 amide bonds. The topological polar surface area (TPSA) is 95.0 Å². The fourth-order valence-electron chi connectivity index (χ4n) is 2.92. The van der Waals surface area contributed by atoms with Crippen LogP contribution in [0, 0.1) is 23.0 Å². The third-order valence-corrected chi connectivity index (χ3v) is 4.50. The summed E-state index contributed by atoms with van der Waals surface area (Å²) >= 11 is 0. The molecular weight excluding hydrogens is 404 g/mol. The molecule has 1 aromatic heterocycles. The number of aromatic amines is 1. The van der Waals surface area contributed by atoms with Crippen LogP contribution in [0.2, 0.25) is 0 Å². The van der Waals surface area contributed by atoms with Gasteiger partial charge in [-0.3, -0.25) is 9.59 Å². The lowest BCUT2D eigenvalue weighted by atomic mass is 10.1. The van der Waals surface area contributed by atoms with Gasteiger partial charge in [-0.2, -0.15) is 5.26 Å². The average molecular weight is 417 g/mol. The van der Waals surface area contributed by atoms with Gasteiger partial charge in [-0.05, 0) is 54.6 Å². The van der Waals surface area contributed by atoms with Crippen molar-refractivity contribution in [3.8, 4) is 17.6 Å². The highest BCUT2D eigenvalue weighted by Gasteiger charge is 2.15. The van der Waals surface area contributed by atoms with Crippen LogP contribution in [0.4, 0.5) is 14.5 Å². The summed E-state index contributed by atoms with van der Waals surface area (Å²) < 4.78 is 32.5. The van der Waals surface area contributed by atoms with E-state index in [1.807, 2.05) is 6.07 Å². The highest BCUT2D eigenvalue weighted by Crippen LogP contribution is 2.23. The molecule has 0 aliphatic heterocycles. The summed E-state index contributed by atoms with van der Waals surface area (Å²) in [5, 5.41) is 11.3. The molecule has 2 N–H and O–H groups in total. The maximum atomic E-state index is 13.5. The number of rotatable bonds is 4. The molecule has 0 atom stereocenters. The number of fused-ring (bicyclic) bond motifs is 1. The van der Waals surface area contributed by atoms with Crippen molar-refractivity contribution in [3.05, 3.63) is 99.8 Å². The number of pyridine rings is 1. The van der Waals surface area contributed by atoms with Crippen molar-refractivity contribution in [1.82, 2.24) is 4.98 Å². The Hall–Kier alpha value is -4.51. The van der Waals surface area contributed by atoms with Gasteiger partial charge >= 0.3 is 0 Å². The Balaban J connectivity index is 1.51. The number of nitrogens with zero attached hydrogens (tertiary/aromatic N) is 1. The number of benzene rings is 3. The van der Waals surface area contributed by atoms with E-state index in [0.29, 0.717) is 22.7 Å². The second-order valence-corrected chi connectivity index (χ2v) is 6.56. The van der Waals surface area contributed by atoms with Crippen molar-refractivity contribution < 1.29 is 18.3 Å². The number of ether oxygens (including phenoxy) is 1. The number of H-pyrrole nitrogens is 1. The predicted octanol–water partition coefficient (Wildman–Crippen LogP) is 4.72. The molecular formula is C23H13F2N3O3. The Morgan fingerprint density at radius 3 is 2.23 bits per heavy atom. The predicted molar refractivity (Wildman–Crippen MR) is 110 cm³/mol. The van der Waals surface area contributed by atoms with E-state index >= 15 is 0 Å². The lowest BCUT2D eigenvalue weighted by Gasteiger charge is -2.09. The number of carbonyl (C=O) groups is 1. The van der Waals surface area contributed by atoms with Crippen LogP contribution in [0.1, 0.15) is 15.9 Å². The zero-order chi connectivity index (χ0) is 22.0. The number of carbonyl (C=O) groups excluding carboxylic acids is 1. The van der Waals surface area contributed by atoms with Crippen LogP contribution in [-0.4, -0.2) is 10.9 Å². The Morgan fingerprint density at radius 2 is 1.58 bits per heavy atom. The summed E-state index contributed by atoms with van der Waals surface area (Å²) in [7, 11) is 0. The quantitative estimate of drug-likeness (QED) is 0.502. The molecule has 0 saturated carbocycles. The highest BCUT2D eigenvalue weighted by molar-refractivity contribution is 6.05. The van der Waals surface area contributed by atoms with Gasteiger partial charge in [-0.15, -0.1) is 0 Å². The number of nitriles is 1. The first-order valence-corrected chi connectivity index (χ1v) is 9.04. The molecule has 0 radical (unpaired) electrons. The second-order valence-electron chi connectivity index (χ2n) is 6.56. The lowest BCUT2D eigenvalue weighted by molar-refractivity contribution is 0.102. The van der Waals surface area contributed by atoms with Gasteiger partial charge in [-0.25, -0.2) is 8.78 Å². The fraction of sp³-hybridized carbons (Fsp3) is 0. The summed E-state index contributed by atoms with van der Waals surface area (Å²) in [5.41, 5.74) is 0.0519. The van der Waals surface area contributed by atoms with Gasteiger partial charge in [0.15, 0.2) is 11.6 Å². The van der Waals surface area contributed by atoms with E-state index in [2.05, 4.69) is 10.3 Å². The van der Waals surface area contributed by atoms with Crippen molar-refractivity contribution in [3.63, 3.8) is 0 Å². The van der Waals surface area contributed by atoms with E-state index in [4.69, 9.17) is 10.00 Å². The van der Waals surface area contributed by atoms with E-state index in [-0.39, 0.29) is 16.5 Å². The maximum Gasteiger partial charge on any atom is 0.261 e. The summed E-state index contributed by atoms with van der Waals surface area (Å²) in [6.45, 7) is 0. The summed E-state index contributed by atoms with van der Waals surface area (Å²) in [5.74, 6) is -1.92. The van der Waals surface area contributed by atoms with E-state index < -0.39 is 23.0 Å². The first-order chi connectivity index (χ1) is 14.9. The molecule has 0 fully saturated rings. The first kappa shape index (κ1) is 19.8. The van der Waals surface area contributed by atoms with E-state index in [9.17, 15) is 18.4 Å². The number of halogens is 2. The van der Waals surface area contributed by atoms with Crippen LogP contribution < -0.4 is 15.5 Å². The number of anilines is 1. The van der Waals surface area contributed by atoms with Crippen LogP contribution in [0.15, 0.2) is 71.7 Å². The zero-order valence-electron chi connectivity index (χ0n) is 15.8. The maximum absolute atomic E-state index is 13.5. The molecule has 152 valence electrons. The van der Waals surface area contributed by atoms with Crippen molar-refractivity contribution in [1.29, 1.82) is 5.26 Å². The Kier molecular flexibility index (Phi) is 5.16. The molecule has 6 nitrogen and oxygen atoms in total. The van der Waals surface area contributed by atoms with Crippen LogP contribution in [-0.2, 0) is 0 Å². The SMILES string of the molecule is N#Cc1ccc(Oc2ccc(NC(=O)c3c[nH]c4cc(F)c(F)cc4c3=O)cc2)cc1. The fourth-order valence-corrected chi connectivity index (χ4v) is 2.92. The largest absolute Gasteiger partial charge is 0.457 e. The van der Waals surface area contributed by atoms with Crippen LogP contribution in [0.3, 0.4) is 0 Å². The molecule has 0 aliphatic rings. The van der Waals surface area contributed by atoms with Gasteiger partial charge in [0.2, 0.25) is 5.43 Å². The smallest absolute Gasteiger partial charge is 0.261 e. The van der Waals surface area contributed by atoms with Crippen molar-refractivity contribution in [2.75, 3.05) is 5.32 Å². The van der Waals surface area contributed by atoms with Gasteiger partial charge in [0.25, 0.3) is 5.91 Å². The minimum absolute atomic E-state index is 0.0877. The molecule has 0 unspecified atom stereocenters. The average Bonchev–Trinajstić information content (AvgIpc) is 2.77. The lowest BCUT2D eigenvalue weighted by Crippen LogP contribution is -2.22. The van der Waals surface area contributed by atoms with Crippen LogP contribution >= 0.6 is 0 Å². The molecule has 0 saturated heterocycles. The third-order valence-electron chi connectivity index (χ3n) is 4.50. The minimum Gasteiger partial charge on any atom is -0.457 e. The molecule has 4 aromatic rings. The van der Waals surface area contributed by atoms with E-state index in [1.54, 1.807) is 48.5 Å². The summed E-state index contributed by atoms with van der Waals surface area (Å²) in [6.07, 6.45) is 1.15. The van der Waals surface area contributed by atoms with Crippen LogP contribution in [0.5, 0.6) is 11.5 Å². The molecule has 0 aliphatic carbocycles. The van der Waals surface area contributed by atoms with Crippen molar-refractivity contribution >= 4 is 22.5 Å². The first-order valence-electron chi connectivity index (χ1n) is 9.04. The molecule has 8 heteroatoms. The molecule has 0 bridgehead atoms. The van der Waals surface area contributed by atoms with Gasteiger partial charge in [0.05, 0.1) is 17.1 Å². The molecule has 3 aromatic carbocycles. The number of hydrogen-bond donors (Lipinski definition) is 2. The Morgan fingerprint density at radius 1 is 0.968 bits per heavy atom. The zero-order valence-corrected chi connectivity index (χ0v) is 15.8. The van der Waals surface area contributed by atoms with E-state index in [0.717, 1.165) is 18.3 Å². The molecule has 0 spiro atoms. The number of aromatic nitrogens is 1. The highest BCUT2D eigenvalue weighted by atomic mass is 19.2. The third kappa shape index (κ3) is 4.11. The second kappa shape index (κ2) is 8.08. The Labute approximate surface area is 174 Å². The number of hydrogen-bond acceptors (Lipinski definition) is 4. The molecule has 4 rings (SSSR count). The monoisotopic (exact) mass is 417 g/mol. The summed E-state index contributed by atoms with van der Waals surface area (Å²) in [6, 6.07) is 16.6. The van der Waals surface area contributed by atoms with Gasteiger partial charge in [0.1, 0.15) is 17.1 Å². The van der Waals surface area contributed by atoms with Crippen molar-refractivity contribution in [2.24, 2.45) is 0 Å². The van der Waals surface area contributed by atoms with E-state index in [1.165, 1.54) is 0 Å². The Bertz CT molecular complexity index is 1390. The molecule has 1 heterocycles.